The highest BCUT2D eigenvalue weighted by atomic mass is 16.5. The van der Waals surface area contributed by atoms with E-state index in [0.29, 0.717) is 24.6 Å². The molecule has 5 heteroatoms. The fourth-order valence-electron chi connectivity index (χ4n) is 4.17. The molecule has 0 saturated carbocycles. The highest BCUT2D eigenvalue weighted by molar-refractivity contribution is 5.75. The minimum absolute atomic E-state index is 0.333. The van der Waals surface area contributed by atoms with Crippen molar-refractivity contribution in [3.8, 4) is 22.9 Å². The van der Waals surface area contributed by atoms with E-state index < -0.39 is 6.09 Å². The first kappa shape index (κ1) is 24.9. The molecule has 176 valence electrons. The zero-order valence-electron chi connectivity index (χ0n) is 20.8. The van der Waals surface area contributed by atoms with Crippen LogP contribution in [0, 0.1) is 25.2 Å². The third kappa shape index (κ3) is 5.77. The Hall–Kier alpha value is -3.78. The number of aryl methyl sites for hydroxylation is 2. The van der Waals surface area contributed by atoms with Crippen molar-refractivity contribution in [2.45, 2.75) is 46.7 Å². The molecule has 0 aliphatic heterocycles. The Kier molecular flexibility index (Phi) is 7.96. The summed E-state index contributed by atoms with van der Waals surface area (Å²) in [6.45, 7) is 9.00. The van der Waals surface area contributed by atoms with Crippen molar-refractivity contribution in [3.63, 3.8) is 0 Å². The Bertz CT molecular complexity index is 1220. The number of carbonyl (C=O) groups excluding carboxylic acids is 1. The number of nitriles is 1. The van der Waals surface area contributed by atoms with Gasteiger partial charge in [-0.25, -0.2) is 4.79 Å². The molecule has 0 saturated heterocycles. The Morgan fingerprint density at radius 1 is 0.941 bits per heavy atom. The molecule has 0 aliphatic rings. The second-order valence-electron chi connectivity index (χ2n) is 8.92. The number of nitrogens with zero attached hydrogens (tertiary/aromatic N) is 2. The fourth-order valence-corrected chi connectivity index (χ4v) is 4.17. The average molecular weight is 457 g/mol. The van der Waals surface area contributed by atoms with Crippen molar-refractivity contribution in [2.24, 2.45) is 0 Å². The Morgan fingerprint density at radius 2 is 1.71 bits per heavy atom. The van der Waals surface area contributed by atoms with Gasteiger partial charge in [-0.15, -0.1) is 0 Å². The summed E-state index contributed by atoms with van der Waals surface area (Å²) in [6.07, 6.45) is -0.421. The van der Waals surface area contributed by atoms with Crippen LogP contribution in [0.5, 0.6) is 5.75 Å². The second kappa shape index (κ2) is 10.9. The lowest BCUT2D eigenvalue weighted by atomic mass is 9.92. The maximum Gasteiger partial charge on any atom is 0.410 e. The molecule has 0 N–H and O–H groups in total. The monoisotopic (exact) mass is 456 g/mol. The van der Waals surface area contributed by atoms with Gasteiger partial charge in [0, 0.05) is 18.7 Å². The number of methoxy groups -OCH3 is 2. The zero-order valence-corrected chi connectivity index (χ0v) is 20.8. The Balaban J connectivity index is 2.06. The number of ether oxygens (including phenoxy) is 2. The maximum atomic E-state index is 12.8. The predicted octanol–water partition coefficient (Wildman–Crippen LogP) is 6.74. The van der Waals surface area contributed by atoms with Gasteiger partial charge < -0.3 is 9.47 Å². The van der Waals surface area contributed by atoms with Crippen LogP contribution in [0.1, 0.15) is 53.1 Å². The van der Waals surface area contributed by atoms with Crippen molar-refractivity contribution < 1.29 is 14.3 Å². The molecule has 3 aromatic carbocycles. The molecule has 0 unspecified atom stereocenters. The van der Waals surface area contributed by atoms with Crippen LogP contribution in [0.2, 0.25) is 0 Å². The number of hydrogen-bond acceptors (Lipinski definition) is 4. The molecule has 5 nitrogen and oxygen atoms in total. The van der Waals surface area contributed by atoms with E-state index in [1.165, 1.54) is 12.7 Å². The summed E-state index contributed by atoms with van der Waals surface area (Å²) in [5, 5.41) is 9.35. The summed E-state index contributed by atoms with van der Waals surface area (Å²) in [6, 6.07) is 20.3. The van der Waals surface area contributed by atoms with Crippen molar-refractivity contribution >= 4 is 6.09 Å². The SMILES string of the molecule is COC(=O)N(Cc1cc(C)cc(C#N)c1)Cc1cc(C)ccc1-c1cc(C(C)C)ccc1OC. The molecule has 3 aromatic rings. The van der Waals surface area contributed by atoms with Gasteiger partial charge in [-0.2, -0.15) is 5.26 Å². The molecular weight excluding hydrogens is 424 g/mol. The van der Waals surface area contributed by atoms with Crippen LogP contribution in [0.3, 0.4) is 0 Å². The normalized spacial score (nSPS) is 10.6. The standard InChI is InChI=1S/C29H32N2O3/c1-19(2)24-8-10-28(33-5)27(15-24)26-9-7-20(3)13-25(26)18-31(29(32)34-6)17-23-12-21(4)11-22(14-23)16-30/h7-15,19H,17-18H2,1-6H3. The molecule has 0 bridgehead atoms. The summed E-state index contributed by atoms with van der Waals surface area (Å²) in [4.78, 5) is 14.4. The minimum atomic E-state index is -0.421. The van der Waals surface area contributed by atoms with E-state index in [2.05, 4.69) is 50.2 Å². The van der Waals surface area contributed by atoms with E-state index in [1.54, 1.807) is 12.0 Å². The van der Waals surface area contributed by atoms with Gasteiger partial charge in [0.25, 0.3) is 0 Å². The van der Waals surface area contributed by atoms with Gasteiger partial charge >= 0.3 is 6.09 Å². The smallest absolute Gasteiger partial charge is 0.410 e. The highest BCUT2D eigenvalue weighted by Gasteiger charge is 2.20. The van der Waals surface area contributed by atoms with E-state index in [1.807, 2.05) is 38.1 Å². The van der Waals surface area contributed by atoms with E-state index in [-0.39, 0.29) is 0 Å². The fraction of sp³-hybridized carbons (Fsp3) is 0.310. The third-order valence-electron chi connectivity index (χ3n) is 5.87. The van der Waals surface area contributed by atoms with E-state index in [4.69, 9.17) is 9.47 Å². The molecule has 0 fully saturated rings. The first-order valence-corrected chi connectivity index (χ1v) is 11.4. The quantitative estimate of drug-likeness (QED) is 0.395. The largest absolute Gasteiger partial charge is 0.496 e. The molecule has 0 radical (unpaired) electrons. The zero-order chi connectivity index (χ0) is 24.8. The molecule has 1 amide bonds. The Morgan fingerprint density at radius 3 is 2.35 bits per heavy atom. The van der Waals surface area contributed by atoms with Crippen LogP contribution >= 0.6 is 0 Å². The van der Waals surface area contributed by atoms with Crippen LogP contribution in [-0.4, -0.2) is 25.2 Å². The number of rotatable bonds is 7. The van der Waals surface area contributed by atoms with Crippen molar-refractivity contribution in [2.75, 3.05) is 14.2 Å². The molecule has 0 spiro atoms. The molecular formula is C29H32N2O3. The predicted molar refractivity (Wildman–Crippen MR) is 135 cm³/mol. The van der Waals surface area contributed by atoms with Gasteiger partial charge in [-0.05, 0) is 71.8 Å². The second-order valence-corrected chi connectivity index (χ2v) is 8.92. The van der Waals surface area contributed by atoms with Gasteiger partial charge in [0.1, 0.15) is 5.75 Å². The first-order valence-electron chi connectivity index (χ1n) is 11.4. The molecule has 0 atom stereocenters. The lowest BCUT2D eigenvalue weighted by molar-refractivity contribution is 0.118. The van der Waals surface area contributed by atoms with Crippen LogP contribution < -0.4 is 4.74 Å². The first-order chi connectivity index (χ1) is 16.2. The molecule has 0 aliphatic carbocycles. The summed E-state index contributed by atoms with van der Waals surface area (Å²) in [5.41, 5.74) is 7.77. The van der Waals surface area contributed by atoms with E-state index >= 15 is 0 Å². The van der Waals surface area contributed by atoms with Crippen LogP contribution in [0.25, 0.3) is 11.1 Å². The van der Waals surface area contributed by atoms with Crippen LogP contribution in [0.15, 0.2) is 54.6 Å². The van der Waals surface area contributed by atoms with Gasteiger partial charge in [-0.1, -0.05) is 49.7 Å². The van der Waals surface area contributed by atoms with E-state index in [9.17, 15) is 10.1 Å². The van der Waals surface area contributed by atoms with Gasteiger partial charge in [-0.3, -0.25) is 4.90 Å². The van der Waals surface area contributed by atoms with Crippen LogP contribution in [-0.2, 0) is 17.8 Å². The lowest BCUT2D eigenvalue weighted by Gasteiger charge is -2.24. The number of carbonyl (C=O) groups is 1. The summed E-state index contributed by atoms with van der Waals surface area (Å²) in [5.74, 6) is 1.16. The summed E-state index contributed by atoms with van der Waals surface area (Å²) in [7, 11) is 3.06. The van der Waals surface area contributed by atoms with Crippen LogP contribution in [0.4, 0.5) is 4.79 Å². The van der Waals surface area contributed by atoms with Gasteiger partial charge in [0.05, 0.1) is 25.9 Å². The number of hydrogen-bond donors (Lipinski definition) is 0. The molecule has 0 aromatic heterocycles. The summed E-state index contributed by atoms with van der Waals surface area (Å²) < 4.78 is 10.8. The Labute approximate surface area is 202 Å². The number of amides is 1. The third-order valence-corrected chi connectivity index (χ3v) is 5.87. The number of benzene rings is 3. The maximum absolute atomic E-state index is 12.8. The van der Waals surface area contributed by atoms with Gasteiger partial charge in [0.2, 0.25) is 0 Å². The molecule has 0 heterocycles. The average Bonchev–Trinajstić information content (AvgIpc) is 2.82. The van der Waals surface area contributed by atoms with E-state index in [0.717, 1.165) is 39.1 Å². The molecule has 3 rings (SSSR count). The topological polar surface area (TPSA) is 62.6 Å². The van der Waals surface area contributed by atoms with Crippen molar-refractivity contribution in [3.05, 3.63) is 88.0 Å². The molecule has 34 heavy (non-hydrogen) atoms. The summed E-state index contributed by atoms with van der Waals surface area (Å²) >= 11 is 0. The van der Waals surface area contributed by atoms with Gasteiger partial charge in [0.15, 0.2) is 0 Å². The highest BCUT2D eigenvalue weighted by Crippen LogP contribution is 2.36. The minimum Gasteiger partial charge on any atom is -0.496 e. The van der Waals surface area contributed by atoms with Crippen molar-refractivity contribution in [1.82, 2.24) is 4.90 Å². The lowest BCUT2D eigenvalue weighted by Crippen LogP contribution is -2.30. The van der Waals surface area contributed by atoms with Crippen molar-refractivity contribution in [1.29, 1.82) is 5.26 Å².